The largest absolute Gasteiger partial charge is 0.487 e. The molecule has 1 amide bonds. The number of esters is 1. The molecule has 7 heteroatoms. The van der Waals surface area contributed by atoms with Gasteiger partial charge < -0.3 is 15.2 Å². The van der Waals surface area contributed by atoms with Crippen molar-refractivity contribution in [3.8, 4) is 5.75 Å². The summed E-state index contributed by atoms with van der Waals surface area (Å²) >= 11 is 1.56. The van der Waals surface area contributed by atoms with Crippen molar-refractivity contribution in [3.05, 3.63) is 45.9 Å². The van der Waals surface area contributed by atoms with Gasteiger partial charge in [0.1, 0.15) is 12.4 Å². The first-order chi connectivity index (χ1) is 10.0. The molecule has 110 valence electrons. The third-order valence-electron chi connectivity index (χ3n) is 2.49. The first-order valence-corrected chi connectivity index (χ1v) is 7.02. The molecule has 0 fully saturated rings. The summed E-state index contributed by atoms with van der Waals surface area (Å²) in [5, 5.41) is 2.92. The molecule has 1 aromatic heterocycles. The van der Waals surface area contributed by atoms with Gasteiger partial charge >= 0.3 is 5.97 Å². The number of aryl methyl sites for hydroxylation is 1. The van der Waals surface area contributed by atoms with Crippen molar-refractivity contribution in [1.82, 2.24) is 4.98 Å². The fraction of sp³-hybridized carbons (Fsp3) is 0.214. The summed E-state index contributed by atoms with van der Waals surface area (Å²) in [6, 6.07) is 6.43. The van der Waals surface area contributed by atoms with Crippen LogP contribution in [0.4, 0.5) is 0 Å². The summed E-state index contributed by atoms with van der Waals surface area (Å²) in [5.74, 6) is -0.676. The summed E-state index contributed by atoms with van der Waals surface area (Å²) in [5.41, 5.74) is 6.09. The molecule has 0 aliphatic rings. The van der Waals surface area contributed by atoms with Crippen molar-refractivity contribution in [2.75, 3.05) is 6.61 Å². The number of amides is 1. The van der Waals surface area contributed by atoms with E-state index in [0.29, 0.717) is 17.9 Å². The summed E-state index contributed by atoms with van der Waals surface area (Å²) in [4.78, 5) is 26.4. The molecule has 0 spiro atoms. The van der Waals surface area contributed by atoms with Crippen LogP contribution in [0.15, 0.2) is 29.6 Å². The van der Waals surface area contributed by atoms with Crippen LogP contribution >= 0.6 is 11.3 Å². The van der Waals surface area contributed by atoms with E-state index in [2.05, 4.69) is 4.98 Å². The van der Waals surface area contributed by atoms with Gasteiger partial charge in [0.2, 0.25) is 0 Å². The number of hydrogen-bond donors (Lipinski definition) is 1. The molecule has 0 atom stereocenters. The minimum Gasteiger partial charge on any atom is -0.487 e. The van der Waals surface area contributed by atoms with E-state index in [0.717, 1.165) is 10.7 Å². The van der Waals surface area contributed by atoms with E-state index in [9.17, 15) is 9.59 Å². The van der Waals surface area contributed by atoms with Gasteiger partial charge in [-0.15, -0.1) is 11.3 Å². The van der Waals surface area contributed by atoms with Crippen LogP contribution in [0.25, 0.3) is 0 Å². The monoisotopic (exact) mass is 306 g/mol. The lowest BCUT2D eigenvalue weighted by atomic mass is 10.2. The summed E-state index contributed by atoms with van der Waals surface area (Å²) < 4.78 is 10.3. The number of rotatable bonds is 6. The van der Waals surface area contributed by atoms with Crippen LogP contribution in [0.3, 0.4) is 0 Å². The van der Waals surface area contributed by atoms with E-state index in [4.69, 9.17) is 15.2 Å². The Bertz CT molecular complexity index is 637. The van der Waals surface area contributed by atoms with Crippen LogP contribution in [-0.2, 0) is 16.1 Å². The zero-order valence-corrected chi connectivity index (χ0v) is 12.2. The Balaban J connectivity index is 1.89. The normalized spacial score (nSPS) is 10.1. The predicted octanol–water partition coefficient (Wildman–Crippen LogP) is 1.67. The molecule has 1 heterocycles. The highest BCUT2D eigenvalue weighted by molar-refractivity contribution is 7.09. The Labute approximate surface area is 125 Å². The molecule has 21 heavy (non-hydrogen) atoms. The van der Waals surface area contributed by atoms with E-state index in [-0.39, 0.29) is 0 Å². The van der Waals surface area contributed by atoms with Crippen molar-refractivity contribution in [2.24, 2.45) is 5.73 Å². The van der Waals surface area contributed by atoms with Gasteiger partial charge in [-0.25, -0.2) is 9.78 Å². The van der Waals surface area contributed by atoms with Crippen molar-refractivity contribution in [3.63, 3.8) is 0 Å². The van der Waals surface area contributed by atoms with Crippen molar-refractivity contribution in [1.29, 1.82) is 0 Å². The molecule has 2 N–H and O–H groups in total. The second kappa shape index (κ2) is 6.85. The maximum absolute atomic E-state index is 11.6. The zero-order valence-electron chi connectivity index (χ0n) is 11.4. The number of thiazole rings is 1. The van der Waals surface area contributed by atoms with E-state index in [1.54, 1.807) is 35.6 Å². The molecule has 0 unspecified atom stereocenters. The van der Waals surface area contributed by atoms with Gasteiger partial charge in [-0.3, -0.25) is 4.79 Å². The molecule has 6 nitrogen and oxygen atoms in total. The molecule has 0 aliphatic carbocycles. The highest BCUT2D eigenvalue weighted by atomic mass is 32.1. The maximum atomic E-state index is 11.6. The maximum Gasteiger partial charge on any atom is 0.338 e. The minimum absolute atomic E-state index is 0.327. The Kier molecular flexibility index (Phi) is 4.89. The second-order valence-electron chi connectivity index (χ2n) is 4.21. The SMILES string of the molecule is Cc1nc(COc2ccc(C(=O)OCC(N)=O)cc2)cs1. The summed E-state index contributed by atoms with van der Waals surface area (Å²) in [6.45, 7) is 1.87. The van der Waals surface area contributed by atoms with Crippen LogP contribution in [0, 0.1) is 6.92 Å². The zero-order chi connectivity index (χ0) is 15.2. The molecule has 1 aromatic carbocycles. The molecule has 2 aromatic rings. The van der Waals surface area contributed by atoms with Crippen molar-refractivity contribution >= 4 is 23.2 Å². The first-order valence-electron chi connectivity index (χ1n) is 6.14. The van der Waals surface area contributed by atoms with Crippen LogP contribution in [0.2, 0.25) is 0 Å². The number of nitrogens with two attached hydrogens (primary N) is 1. The lowest BCUT2D eigenvalue weighted by Crippen LogP contribution is -2.20. The number of hydrogen-bond acceptors (Lipinski definition) is 6. The fourth-order valence-corrected chi connectivity index (χ4v) is 2.14. The number of benzene rings is 1. The van der Waals surface area contributed by atoms with E-state index < -0.39 is 18.5 Å². The summed E-state index contributed by atoms with van der Waals surface area (Å²) in [7, 11) is 0. The highest BCUT2D eigenvalue weighted by Gasteiger charge is 2.08. The van der Waals surface area contributed by atoms with Gasteiger partial charge in [0, 0.05) is 5.38 Å². The molecule has 2 rings (SSSR count). The van der Waals surface area contributed by atoms with Crippen molar-refractivity contribution < 1.29 is 19.1 Å². The third kappa shape index (κ3) is 4.57. The average Bonchev–Trinajstić information content (AvgIpc) is 2.89. The van der Waals surface area contributed by atoms with Gasteiger partial charge in [-0.05, 0) is 31.2 Å². The van der Waals surface area contributed by atoms with Crippen LogP contribution < -0.4 is 10.5 Å². The third-order valence-corrected chi connectivity index (χ3v) is 3.31. The Morgan fingerprint density at radius 2 is 2.00 bits per heavy atom. The molecular weight excluding hydrogens is 292 g/mol. The van der Waals surface area contributed by atoms with E-state index >= 15 is 0 Å². The topological polar surface area (TPSA) is 91.5 Å². The number of ether oxygens (including phenoxy) is 2. The van der Waals surface area contributed by atoms with E-state index in [1.807, 2.05) is 12.3 Å². The van der Waals surface area contributed by atoms with Crippen LogP contribution in [-0.4, -0.2) is 23.5 Å². The van der Waals surface area contributed by atoms with Gasteiger partial charge in [0.25, 0.3) is 5.91 Å². The Hall–Kier alpha value is -2.41. The minimum atomic E-state index is -0.693. The molecule has 0 bridgehead atoms. The lowest BCUT2D eigenvalue weighted by molar-refractivity contribution is -0.121. The van der Waals surface area contributed by atoms with Gasteiger partial charge in [0.05, 0.1) is 16.3 Å². The molecule has 0 saturated heterocycles. The van der Waals surface area contributed by atoms with Gasteiger partial charge in [0.15, 0.2) is 6.61 Å². The van der Waals surface area contributed by atoms with Gasteiger partial charge in [-0.1, -0.05) is 0 Å². The van der Waals surface area contributed by atoms with Gasteiger partial charge in [-0.2, -0.15) is 0 Å². The quantitative estimate of drug-likeness (QED) is 0.820. The first kappa shape index (κ1) is 15.0. The highest BCUT2D eigenvalue weighted by Crippen LogP contribution is 2.16. The van der Waals surface area contributed by atoms with E-state index in [1.165, 1.54) is 0 Å². The summed E-state index contributed by atoms with van der Waals surface area (Å²) in [6.07, 6.45) is 0. The molecular formula is C14H14N2O4S. The number of aromatic nitrogens is 1. The lowest BCUT2D eigenvalue weighted by Gasteiger charge is -2.06. The number of carbonyl (C=O) groups excluding carboxylic acids is 2. The van der Waals surface area contributed by atoms with Crippen LogP contribution in [0.5, 0.6) is 5.75 Å². The molecule has 0 saturated carbocycles. The second-order valence-corrected chi connectivity index (χ2v) is 5.28. The predicted molar refractivity (Wildman–Crippen MR) is 77.1 cm³/mol. The standard InChI is InChI=1S/C14H14N2O4S/c1-9-16-11(8-21-9)6-19-12-4-2-10(3-5-12)14(18)20-7-13(15)17/h2-5,8H,6-7H2,1H3,(H2,15,17). The molecule has 0 radical (unpaired) electrons. The van der Waals surface area contributed by atoms with Crippen molar-refractivity contribution in [2.45, 2.75) is 13.5 Å². The Morgan fingerprint density at radius 3 is 2.57 bits per heavy atom. The molecule has 0 aliphatic heterocycles. The number of nitrogens with zero attached hydrogens (tertiary/aromatic N) is 1. The smallest absolute Gasteiger partial charge is 0.338 e. The Morgan fingerprint density at radius 1 is 1.29 bits per heavy atom. The number of carbonyl (C=O) groups is 2. The number of primary amides is 1. The van der Waals surface area contributed by atoms with Crippen LogP contribution in [0.1, 0.15) is 21.1 Å². The average molecular weight is 306 g/mol. The fourth-order valence-electron chi connectivity index (χ4n) is 1.54.